The van der Waals surface area contributed by atoms with E-state index in [1.54, 1.807) is 4.90 Å². The Hall–Kier alpha value is -2.30. The highest BCUT2D eigenvalue weighted by Crippen LogP contribution is 2.29. The lowest BCUT2D eigenvalue weighted by atomic mass is 9.97. The number of carboxylic acids is 1. The van der Waals surface area contributed by atoms with Gasteiger partial charge in [0.1, 0.15) is 5.58 Å². The highest BCUT2D eigenvalue weighted by molar-refractivity contribution is 5.99. The van der Waals surface area contributed by atoms with Gasteiger partial charge in [-0.1, -0.05) is 18.2 Å². The molecule has 1 aromatic carbocycles. The van der Waals surface area contributed by atoms with E-state index in [-0.39, 0.29) is 18.4 Å². The van der Waals surface area contributed by atoms with Gasteiger partial charge in [0, 0.05) is 30.0 Å². The number of rotatable bonds is 4. The summed E-state index contributed by atoms with van der Waals surface area (Å²) < 4.78 is 5.78. The standard InChI is InChI=1S/C18H21NO4/c1-12-14-7-2-3-8-15(14)23-17(12)18(22)19-11-5-4-6-13(19)9-10-16(20)21/h2-3,7-8,13H,4-6,9-11H2,1H3,(H,20,21). The second-order valence-electron chi connectivity index (χ2n) is 6.13. The average Bonchev–Trinajstić information content (AvgIpc) is 2.90. The average molecular weight is 315 g/mol. The zero-order valence-corrected chi connectivity index (χ0v) is 13.2. The maximum atomic E-state index is 12.9. The van der Waals surface area contributed by atoms with Crippen LogP contribution >= 0.6 is 0 Å². The van der Waals surface area contributed by atoms with Crippen LogP contribution in [-0.4, -0.2) is 34.5 Å². The van der Waals surface area contributed by atoms with E-state index in [1.165, 1.54) is 0 Å². The topological polar surface area (TPSA) is 70.8 Å². The van der Waals surface area contributed by atoms with E-state index >= 15 is 0 Å². The molecule has 23 heavy (non-hydrogen) atoms. The van der Waals surface area contributed by atoms with Crippen LogP contribution in [0.25, 0.3) is 11.0 Å². The van der Waals surface area contributed by atoms with E-state index in [0.29, 0.717) is 24.3 Å². The van der Waals surface area contributed by atoms with Gasteiger partial charge in [0.2, 0.25) is 0 Å². The molecule has 1 atom stereocenters. The van der Waals surface area contributed by atoms with Crippen molar-refractivity contribution >= 4 is 22.8 Å². The largest absolute Gasteiger partial charge is 0.481 e. The number of hydrogen-bond acceptors (Lipinski definition) is 3. The number of para-hydroxylation sites is 1. The zero-order valence-electron chi connectivity index (χ0n) is 13.2. The first-order valence-corrected chi connectivity index (χ1v) is 8.09. The Bertz CT molecular complexity index is 734. The van der Waals surface area contributed by atoms with Crippen molar-refractivity contribution in [3.8, 4) is 0 Å². The number of aliphatic carboxylic acids is 1. The van der Waals surface area contributed by atoms with Crippen LogP contribution in [0.5, 0.6) is 0 Å². The quantitative estimate of drug-likeness (QED) is 0.935. The van der Waals surface area contributed by atoms with Gasteiger partial charge < -0.3 is 14.4 Å². The summed E-state index contributed by atoms with van der Waals surface area (Å²) in [5, 5.41) is 9.86. The third-order valence-corrected chi connectivity index (χ3v) is 4.62. The second-order valence-corrected chi connectivity index (χ2v) is 6.13. The molecule has 5 heteroatoms. The molecular formula is C18H21NO4. The van der Waals surface area contributed by atoms with Crippen molar-refractivity contribution in [1.82, 2.24) is 4.90 Å². The summed E-state index contributed by atoms with van der Waals surface area (Å²) in [6.45, 7) is 2.56. The molecule has 0 spiro atoms. The van der Waals surface area contributed by atoms with E-state index in [0.717, 1.165) is 30.2 Å². The van der Waals surface area contributed by atoms with Gasteiger partial charge in [-0.15, -0.1) is 0 Å². The maximum absolute atomic E-state index is 12.9. The van der Waals surface area contributed by atoms with Gasteiger partial charge in [-0.3, -0.25) is 9.59 Å². The van der Waals surface area contributed by atoms with Crippen molar-refractivity contribution in [2.75, 3.05) is 6.54 Å². The van der Waals surface area contributed by atoms with Crippen LogP contribution in [0.2, 0.25) is 0 Å². The molecule has 0 saturated carbocycles. The first-order chi connectivity index (χ1) is 11.1. The molecule has 1 amide bonds. The molecule has 1 N–H and O–H groups in total. The van der Waals surface area contributed by atoms with Crippen LogP contribution in [0.1, 0.15) is 48.2 Å². The molecule has 5 nitrogen and oxygen atoms in total. The normalized spacial score (nSPS) is 18.3. The van der Waals surface area contributed by atoms with E-state index in [2.05, 4.69) is 0 Å². The molecule has 1 aromatic heterocycles. The summed E-state index contributed by atoms with van der Waals surface area (Å²) in [6, 6.07) is 7.60. The van der Waals surface area contributed by atoms with Gasteiger partial charge in [0.05, 0.1) is 0 Å². The molecule has 1 aliphatic heterocycles. The smallest absolute Gasteiger partial charge is 0.303 e. The minimum atomic E-state index is -0.817. The molecule has 0 bridgehead atoms. The maximum Gasteiger partial charge on any atom is 0.303 e. The summed E-state index contributed by atoms with van der Waals surface area (Å²) in [5.41, 5.74) is 1.57. The van der Waals surface area contributed by atoms with Gasteiger partial charge in [-0.2, -0.15) is 0 Å². The van der Waals surface area contributed by atoms with Gasteiger partial charge in [-0.25, -0.2) is 0 Å². The molecule has 1 aliphatic rings. The summed E-state index contributed by atoms with van der Waals surface area (Å²) in [7, 11) is 0. The number of benzene rings is 1. The molecular weight excluding hydrogens is 294 g/mol. The third kappa shape index (κ3) is 3.09. The Labute approximate surface area is 134 Å². The minimum Gasteiger partial charge on any atom is -0.481 e. The number of amides is 1. The van der Waals surface area contributed by atoms with Crippen LogP contribution < -0.4 is 0 Å². The summed E-state index contributed by atoms with van der Waals surface area (Å²) >= 11 is 0. The van der Waals surface area contributed by atoms with E-state index in [9.17, 15) is 9.59 Å². The number of furan rings is 1. The fourth-order valence-electron chi connectivity index (χ4n) is 3.37. The first kappa shape index (κ1) is 15.6. The Kier molecular flexibility index (Phi) is 4.37. The van der Waals surface area contributed by atoms with Crippen LogP contribution in [0.4, 0.5) is 0 Å². The minimum absolute atomic E-state index is 0.0139. The summed E-state index contributed by atoms with van der Waals surface area (Å²) in [6.07, 6.45) is 3.44. The molecule has 1 saturated heterocycles. The Morgan fingerprint density at radius 3 is 2.83 bits per heavy atom. The number of aryl methyl sites for hydroxylation is 1. The molecule has 2 heterocycles. The van der Waals surface area contributed by atoms with Crippen molar-refractivity contribution in [2.45, 2.75) is 45.1 Å². The second kappa shape index (κ2) is 6.44. The number of fused-ring (bicyclic) bond motifs is 1. The number of carboxylic acid groups (broad SMARTS) is 1. The SMILES string of the molecule is Cc1c(C(=O)N2CCCCC2CCC(=O)O)oc2ccccc12. The number of carbonyl (C=O) groups is 2. The van der Waals surface area contributed by atoms with Crippen molar-refractivity contribution in [3.05, 3.63) is 35.6 Å². The molecule has 0 aliphatic carbocycles. The molecule has 122 valence electrons. The fraction of sp³-hybridized carbons (Fsp3) is 0.444. The highest BCUT2D eigenvalue weighted by atomic mass is 16.4. The van der Waals surface area contributed by atoms with Crippen molar-refractivity contribution < 1.29 is 19.1 Å². The number of hydrogen-bond donors (Lipinski definition) is 1. The number of carbonyl (C=O) groups excluding carboxylic acids is 1. The third-order valence-electron chi connectivity index (χ3n) is 4.62. The monoisotopic (exact) mass is 315 g/mol. The fourth-order valence-corrected chi connectivity index (χ4v) is 3.37. The Morgan fingerprint density at radius 1 is 1.30 bits per heavy atom. The summed E-state index contributed by atoms with van der Waals surface area (Å²) in [4.78, 5) is 25.6. The zero-order chi connectivity index (χ0) is 16.4. The van der Waals surface area contributed by atoms with E-state index < -0.39 is 5.97 Å². The van der Waals surface area contributed by atoms with E-state index in [4.69, 9.17) is 9.52 Å². The molecule has 0 radical (unpaired) electrons. The Morgan fingerprint density at radius 2 is 2.09 bits per heavy atom. The molecule has 1 unspecified atom stereocenters. The van der Waals surface area contributed by atoms with Crippen LogP contribution in [-0.2, 0) is 4.79 Å². The van der Waals surface area contributed by atoms with E-state index in [1.807, 2.05) is 31.2 Å². The van der Waals surface area contributed by atoms with Gasteiger partial charge in [0.15, 0.2) is 5.76 Å². The lowest BCUT2D eigenvalue weighted by molar-refractivity contribution is -0.137. The predicted molar refractivity (Wildman–Crippen MR) is 86.5 cm³/mol. The van der Waals surface area contributed by atoms with Crippen LogP contribution in [0.3, 0.4) is 0 Å². The molecule has 3 rings (SSSR count). The lowest BCUT2D eigenvalue weighted by Crippen LogP contribution is -2.44. The van der Waals surface area contributed by atoms with Crippen molar-refractivity contribution in [3.63, 3.8) is 0 Å². The van der Waals surface area contributed by atoms with Gasteiger partial charge >= 0.3 is 5.97 Å². The number of likely N-dealkylation sites (tertiary alicyclic amines) is 1. The number of piperidine rings is 1. The van der Waals surface area contributed by atoms with Crippen LogP contribution in [0.15, 0.2) is 28.7 Å². The molecule has 1 fully saturated rings. The van der Waals surface area contributed by atoms with Gasteiger partial charge in [-0.05, 0) is 38.7 Å². The van der Waals surface area contributed by atoms with Crippen molar-refractivity contribution in [1.29, 1.82) is 0 Å². The number of nitrogens with zero attached hydrogens (tertiary/aromatic N) is 1. The predicted octanol–water partition coefficient (Wildman–Crippen LogP) is 3.60. The van der Waals surface area contributed by atoms with Crippen LogP contribution in [0, 0.1) is 6.92 Å². The molecule has 2 aromatic rings. The summed E-state index contributed by atoms with van der Waals surface area (Å²) in [5.74, 6) is -0.551. The van der Waals surface area contributed by atoms with Crippen molar-refractivity contribution in [2.24, 2.45) is 0 Å². The van der Waals surface area contributed by atoms with Gasteiger partial charge in [0.25, 0.3) is 5.91 Å². The lowest BCUT2D eigenvalue weighted by Gasteiger charge is -2.35. The Balaban J connectivity index is 1.86. The first-order valence-electron chi connectivity index (χ1n) is 8.09. The highest BCUT2D eigenvalue weighted by Gasteiger charge is 2.30.